The van der Waals surface area contributed by atoms with Gasteiger partial charge in [0.25, 0.3) is 0 Å². The molecule has 0 bridgehead atoms. The molecule has 0 aliphatic heterocycles. The van der Waals surface area contributed by atoms with E-state index in [2.05, 4.69) is 9.72 Å². The predicted octanol–water partition coefficient (Wildman–Crippen LogP) is -2.28. The van der Waals surface area contributed by atoms with Crippen LogP contribution in [0.25, 0.3) is 0 Å². The van der Waals surface area contributed by atoms with Crippen LogP contribution in [0.15, 0.2) is 0 Å². The molecule has 51 valence electrons. The zero-order chi connectivity index (χ0) is 5.21. The molecule has 8 heavy (non-hydrogen) atoms. The van der Waals surface area contributed by atoms with Crippen molar-refractivity contribution in [1.29, 1.82) is 0 Å². The van der Waals surface area contributed by atoms with Crippen molar-refractivity contribution in [2.45, 2.75) is 0 Å². The van der Waals surface area contributed by atoms with Crippen molar-refractivity contribution in [2.24, 2.45) is 5.90 Å². The molecule has 1 radical (unpaired) electrons. The first kappa shape index (κ1) is 16.2. The molecule has 0 saturated carbocycles. The van der Waals surface area contributed by atoms with Gasteiger partial charge in [-0.15, -0.1) is 0 Å². The first-order valence-electron chi connectivity index (χ1n) is 1.00. The Morgan fingerprint density at radius 2 is 1.62 bits per heavy atom. The average Bonchev–Trinajstić information content (AvgIpc) is 1.35. The average molecular weight is 286 g/mol. The molecule has 4 N–H and O–H groups in total. The summed E-state index contributed by atoms with van der Waals surface area (Å²) in [4.78, 5) is 0. The third kappa shape index (κ3) is 15.7. The van der Waals surface area contributed by atoms with E-state index in [0.717, 1.165) is 0 Å². The topological polar surface area (TPSA) is 92.8 Å². The molecule has 0 unspecified atom stereocenters. The fraction of sp³-hybridized carbons (Fsp3) is 0. The maximum atomic E-state index is 9.41. The normalized spacial score (nSPS) is 8.88. The van der Waals surface area contributed by atoms with Crippen molar-refractivity contribution < 1.29 is 52.3 Å². The van der Waals surface area contributed by atoms with Crippen LogP contribution < -0.4 is 5.90 Å². The summed E-state index contributed by atoms with van der Waals surface area (Å²) in [5.74, 6) is 4.07. The van der Waals surface area contributed by atoms with E-state index in [1.807, 2.05) is 0 Å². The Morgan fingerprint density at radius 1 is 1.50 bits per heavy atom. The summed E-state index contributed by atoms with van der Waals surface area (Å²) in [5, 5.41) is 0. The summed E-state index contributed by atoms with van der Waals surface area (Å²) in [6.45, 7) is 0. The first-order chi connectivity index (χ1) is 2.56. The Balaban J connectivity index is -0.000000125. The molecule has 0 aliphatic carbocycles. The van der Waals surface area contributed by atoms with E-state index in [1.165, 1.54) is 0 Å². The van der Waals surface area contributed by atoms with Gasteiger partial charge < -0.3 is 0 Å². The van der Waals surface area contributed by atoms with E-state index in [9.17, 15) is 3.74 Å². The molecule has 0 aromatic carbocycles. The summed E-state index contributed by atoms with van der Waals surface area (Å²) < 4.78 is 27.9. The molecule has 0 rings (SSSR count). The van der Waals surface area contributed by atoms with E-state index in [0.29, 0.717) is 0 Å². The molecular weight excluding hydrogens is 282 g/mol. The van der Waals surface area contributed by atoms with Crippen LogP contribution in [0.2, 0.25) is 0 Å². The van der Waals surface area contributed by atoms with Gasteiger partial charge in [-0.3, -0.25) is 0 Å². The SMILES string of the molecule is NO[As](=O)(O)O.[Cu].[Zn]. The van der Waals surface area contributed by atoms with Crippen LogP contribution in [0.1, 0.15) is 0 Å². The molecule has 0 heterocycles. The van der Waals surface area contributed by atoms with Gasteiger partial charge in [0.2, 0.25) is 0 Å². The maximum Gasteiger partial charge on any atom is 0 e. The van der Waals surface area contributed by atoms with Crippen molar-refractivity contribution in [1.82, 2.24) is 0 Å². The summed E-state index contributed by atoms with van der Waals surface area (Å²) >= 11 is -4.88. The molecule has 0 amide bonds. The van der Waals surface area contributed by atoms with Crippen molar-refractivity contribution in [2.75, 3.05) is 0 Å². The molecular formula is H4AsCuNO4Zn. The number of nitrogens with two attached hydrogens (primary N) is 1. The minimum Gasteiger partial charge on any atom is 0 e. The third-order valence-electron chi connectivity index (χ3n) is 0.137. The second kappa shape index (κ2) is 6.46. The molecule has 0 aromatic heterocycles. The number of rotatable bonds is 1. The van der Waals surface area contributed by atoms with Gasteiger partial charge in [0.15, 0.2) is 0 Å². The molecule has 0 aliphatic rings. The fourth-order valence-corrected chi connectivity index (χ4v) is 0. The van der Waals surface area contributed by atoms with E-state index in [4.69, 9.17) is 8.19 Å². The molecule has 5 nitrogen and oxygen atoms in total. The molecule has 0 spiro atoms. The number of hydrogen-bond donors (Lipinski definition) is 3. The van der Waals surface area contributed by atoms with Crippen LogP contribution in [0, 0.1) is 0 Å². The predicted molar refractivity (Wildman–Crippen MR) is 16.2 cm³/mol. The van der Waals surface area contributed by atoms with Crippen molar-refractivity contribution in [3.05, 3.63) is 0 Å². The van der Waals surface area contributed by atoms with Crippen molar-refractivity contribution in [3.63, 3.8) is 0 Å². The Bertz CT molecular complexity index is 80.1. The zero-order valence-corrected chi connectivity index (χ0v) is 9.53. The molecule has 0 saturated heterocycles. The van der Waals surface area contributed by atoms with Crippen LogP contribution >= 0.6 is 0 Å². The molecule has 0 fully saturated rings. The van der Waals surface area contributed by atoms with Gasteiger partial charge in [-0.1, -0.05) is 0 Å². The minimum atomic E-state index is -4.88. The Labute approximate surface area is 72.5 Å². The van der Waals surface area contributed by atoms with Gasteiger partial charge in [-0.2, -0.15) is 0 Å². The van der Waals surface area contributed by atoms with Crippen LogP contribution in [-0.4, -0.2) is 22.7 Å². The maximum absolute atomic E-state index is 9.41. The van der Waals surface area contributed by atoms with Gasteiger partial charge >= 0.3 is 36.2 Å². The fourth-order valence-electron chi connectivity index (χ4n) is 0. The smallest absolute Gasteiger partial charge is 0 e. The number of hydrogen-bond acceptors (Lipinski definition) is 3. The summed E-state index contributed by atoms with van der Waals surface area (Å²) in [7, 11) is 0. The van der Waals surface area contributed by atoms with E-state index in [-0.39, 0.29) is 36.5 Å². The first-order valence-corrected chi connectivity index (χ1v) is 4.21. The van der Waals surface area contributed by atoms with E-state index >= 15 is 0 Å². The van der Waals surface area contributed by atoms with Crippen LogP contribution in [0.4, 0.5) is 0 Å². The monoisotopic (exact) mass is 284 g/mol. The Hall–Kier alpha value is 1.34. The Morgan fingerprint density at radius 3 is 1.62 bits per heavy atom. The second-order valence-corrected chi connectivity index (χ2v) is 3.10. The third-order valence-corrected chi connectivity index (χ3v) is 0.714. The van der Waals surface area contributed by atoms with Crippen molar-refractivity contribution in [3.8, 4) is 0 Å². The van der Waals surface area contributed by atoms with Crippen LogP contribution in [0.3, 0.4) is 0 Å². The van der Waals surface area contributed by atoms with Gasteiger partial charge in [0.1, 0.15) is 0 Å². The van der Waals surface area contributed by atoms with E-state index < -0.39 is 14.5 Å². The molecule has 0 atom stereocenters. The molecule has 0 aromatic rings. The van der Waals surface area contributed by atoms with E-state index in [1.54, 1.807) is 0 Å². The van der Waals surface area contributed by atoms with Crippen LogP contribution in [-0.2, 0) is 44.1 Å². The largest absolute Gasteiger partial charge is 0 e. The standard InChI is InChI=1S/AsH4NO4.Cu.Zn/c2-6-1(3,4)5;;/h2H2,(H2,3,4,5);;. The second-order valence-electron chi connectivity index (χ2n) is 0.596. The van der Waals surface area contributed by atoms with Gasteiger partial charge in [-0.05, 0) is 0 Å². The summed E-state index contributed by atoms with van der Waals surface area (Å²) in [6.07, 6.45) is 0. The van der Waals surface area contributed by atoms with Gasteiger partial charge in [0.05, 0.1) is 0 Å². The molecule has 8 heteroatoms. The minimum absolute atomic E-state index is 0. The Kier molecular flexibility index (Phi) is 13.1. The van der Waals surface area contributed by atoms with Crippen molar-refractivity contribution >= 4 is 14.5 Å². The van der Waals surface area contributed by atoms with Crippen LogP contribution in [0.5, 0.6) is 0 Å². The van der Waals surface area contributed by atoms with Gasteiger partial charge in [0, 0.05) is 36.5 Å². The zero-order valence-electron chi connectivity index (χ0n) is 3.74. The summed E-state index contributed by atoms with van der Waals surface area (Å²) in [6, 6.07) is 0. The van der Waals surface area contributed by atoms with Gasteiger partial charge in [-0.25, -0.2) is 0 Å². The quantitative estimate of drug-likeness (QED) is 0.373. The summed E-state index contributed by atoms with van der Waals surface area (Å²) in [5.41, 5.74) is 0.